The Morgan fingerprint density at radius 2 is 1.75 bits per heavy atom. The molecule has 0 N–H and O–H groups in total. The van der Waals surface area contributed by atoms with Gasteiger partial charge in [0, 0.05) is 13.0 Å². The van der Waals surface area contributed by atoms with Crippen LogP contribution in [0.15, 0.2) is 30.3 Å². The summed E-state index contributed by atoms with van der Waals surface area (Å²) >= 11 is 0. The second-order valence-corrected chi connectivity index (χ2v) is 3.94. The highest BCUT2D eigenvalue weighted by Crippen LogP contribution is 2.24. The smallest absolute Gasteiger partial charge is 0.169 e. The highest BCUT2D eigenvalue weighted by molar-refractivity contribution is 5.86. The summed E-state index contributed by atoms with van der Waals surface area (Å²) < 4.78 is 5.33. The zero-order valence-corrected chi connectivity index (χ0v) is 10.3. The van der Waals surface area contributed by atoms with Gasteiger partial charge in [0.15, 0.2) is 5.78 Å². The second-order valence-electron chi connectivity index (χ2n) is 3.94. The van der Waals surface area contributed by atoms with Crippen molar-refractivity contribution in [2.45, 2.75) is 32.8 Å². The van der Waals surface area contributed by atoms with Crippen LogP contribution in [0.4, 0.5) is 0 Å². The molecule has 2 heteroatoms. The van der Waals surface area contributed by atoms with Crippen molar-refractivity contribution in [1.29, 1.82) is 0 Å². The Morgan fingerprint density at radius 1 is 1.19 bits per heavy atom. The Hall–Kier alpha value is -1.15. The molecule has 0 aromatic heterocycles. The first-order chi connectivity index (χ1) is 7.74. The van der Waals surface area contributed by atoms with Gasteiger partial charge in [-0.2, -0.15) is 0 Å². The molecule has 1 rings (SSSR count). The van der Waals surface area contributed by atoms with Gasteiger partial charge in [-0.25, -0.2) is 0 Å². The molecule has 0 saturated heterocycles. The predicted molar refractivity (Wildman–Crippen MR) is 65.3 cm³/mol. The Bertz CT molecular complexity index is 315. The molecule has 0 bridgehead atoms. The number of hydrogen-bond acceptors (Lipinski definition) is 2. The molecule has 0 spiro atoms. The summed E-state index contributed by atoms with van der Waals surface area (Å²) in [6.45, 7) is 4.09. The van der Waals surface area contributed by atoms with E-state index in [1.165, 1.54) is 0 Å². The molecule has 1 aromatic carbocycles. The number of carbonyl (C=O) groups is 1. The van der Waals surface area contributed by atoms with Crippen LogP contribution in [0.1, 0.15) is 38.4 Å². The van der Waals surface area contributed by atoms with Crippen LogP contribution in [0.2, 0.25) is 0 Å². The first-order valence-electron chi connectivity index (χ1n) is 5.86. The molecule has 88 valence electrons. The predicted octanol–water partition coefficient (Wildman–Crippen LogP) is 3.38. The van der Waals surface area contributed by atoms with Gasteiger partial charge in [-0.3, -0.25) is 4.79 Å². The van der Waals surface area contributed by atoms with Gasteiger partial charge in [0.2, 0.25) is 0 Å². The molecule has 2 nitrogen and oxygen atoms in total. The standard InChI is InChI=1S/C14H20O2/c1-4-11(5-2)13(15)14(16-3)12-9-7-6-8-10-12/h6-11,14H,4-5H2,1-3H3. The Labute approximate surface area is 97.6 Å². The highest BCUT2D eigenvalue weighted by Gasteiger charge is 2.25. The van der Waals surface area contributed by atoms with E-state index in [1.54, 1.807) is 7.11 Å². The quantitative estimate of drug-likeness (QED) is 0.734. The molecule has 0 aliphatic heterocycles. The van der Waals surface area contributed by atoms with Crippen molar-refractivity contribution >= 4 is 5.78 Å². The SMILES string of the molecule is CCC(CC)C(=O)C(OC)c1ccccc1. The third-order valence-electron chi connectivity index (χ3n) is 2.98. The van der Waals surface area contributed by atoms with E-state index in [4.69, 9.17) is 4.74 Å². The zero-order chi connectivity index (χ0) is 12.0. The number of hydrogen-bond donors (Lipinski definition) is 0. The van der Waals surface area contributed by atoms with E-state index in [9.17, 15) is 4.79 Å². The van der Waals surface area contributed by atoms with E-state index in [2.05, 4.69) is 0 Å². The number of rotatable bonds is 6. The molecular formula is C14H20O2. The van der Waals surface area contributed by atoms with E-state index < -0.39 is 6.10 Å². The van der Waals surface area contributed by atoms with Gasteiger partial charge in [0.1, 0.15) is 6.10 Å². The number of carbonyl (C=O) groups excluding carboxylic acids is 1. The van der Waals surface area contributed by atoms with Crippen LogP contribution in [0.25, 0.3) is 0 Å². The topological polar surface area (TPSA) is 26.3 Å². The van der Waals surface area contributed by atoms with Crippen LogP contribution in [0.3, 0.4) is 0 Å². The number of ketones is 1. The van der Waals surface area contributed by atoms with Gasteiger partial charge in [0.05, 0.1) is 0 Å². The van der Waals surface area contributed by atoms with E-state index in [1.807, 2.05) is 44.2 Å². The number of Topliss-reactive ketones (excluding diaryl/α,β-unsaturated/α-hetero) is 1. The molecule has 16 heavy (non-hydrogen) atoms. The van der Waals surface area contributed by atoms with Gasteiger partial charge >= 0.3 is 0 Å². The molecule has 0 aliphatic rings. The summed E-state index contributed by atoms with van der Waals surface area (Å²) in [5, 5.41) is 0. The summed E-state index contributed by atoms with van der Waals surface area (Å²) in [6.07, 6.45) is 1.34. The zero-order valence-electron chi connectivity index (χ0n) is 10.3. The van der Waals surface area contributed by atoms with Crippen molar-refractivity contribution in [3.63, 3.8) is 0 Å². The lowest BCUT2D eigenvalue weighted by Crippen LogP contribution is -2.22. The summed E-state index contributed by atoms with van der Waals surface area (Å²) in [6, 6.07) is 9.68. The molecule has 0 radical (unpaired) electrons. The maximum absolute atomic E-state index is 12.2. The van der Waals surface area contributed by atoms with Crippen LogP contribution in [-0.4, -0.2) is 12.9 Å². The molecule has 0 saturated carbocycles. The first-order valence-corrected chi connectivity index (χ1v) is 5.86. The number of benzene rings is 1. The normalized spacial score (nSPS) is 12.8. The van der Waals surface area contributed by atoms with E-state index >= 15 is 0 Å². The summed E-state index contributed by atoms with van der Waals surface area (Å²) in [5.41, 5.74) is 0.946. The van der Waals surface area contributed by atoms with E-state index in [-0.39, 0.29) is 11.7 Å². The maximum Gasteiger partial charge on any atom is 0.169 e. The monoisotopic (exact) mass is 220 g/mol. The van der Waals surface area contributed by atoms with Crippen molar-refractivity contribution in [2.24, 2.45) is 5.92 Å². The van der Waals surface area contributed by atoms with Crippen molar-refractivity contribution in [1.82, 2.24) is 0 Å². The van der Waals surface area contributed by atoms with E-state index in [0.717, 1.165) is 18.4 Å². The number of ether oxygens (including phenoxy) is 1. The molecule has 1 unspecified atom stereocenters. The fraction of sp³-hybridized carbons (Fsp3) is 0.500. The molecule has 1 aromatic rings. The summed E-state index contributed by atoms with van der Waals surface area (Å²) in [4.78, 5) is 12.2. The summed E-state index contributed by atoms with van der Waals surface area (Å²) in [7, 11) is 1.60. The highest BCUT2D eigenvalue weighted by atomic mass is 16.5. The molecule has 0 amide bonds. The van der Waals surface area contributed by atoms with Gasteiger partial charge in [-0.1, -0.05) is 44.2 Å². The van der Waals surface area contributed by atoms with Gasteiger partial charge in [-0.15, -0.1) is 0 Å². The largest absolute Gasteiger partial charge is 0.369 e. The number of methoxy groups -OCH3 is 1. The summed E-state index contributed by atoms with van der Waals surface area (Å²) in [5.74, 6) is 0.295. The minimum absolute atomic E-state index is 0.102. The third-order valence-corrected chi connectivity index (χ3v) is 2.98. The molecule has 0 aliphatic carbocycles. The fourth-order valence-corrected chi connectivity index (χ4v) is 1.95. The van der Waals surface area contributed by atoms with Crippen molar-refractivity contribution in [3.8, 4) is 0 Å². The lowest BCUT2D eigenvalue weighted by atomic mass is 9.91. The minimum atomic E-state index is -0.411. The van der Waals surface area contributed by atoms with Crippen LogP contribution < -0.4 is 0 Å². The average Bonchev–Trinajstić information content (AvgIpc) is 2.33. The Kier molecular flexibility index (Phi) is 5.20. The third kappa shape index (κ3) is 2.92. The van der Waals surface area contributed by atoms with Crippen LogP contribution in [0.5, 0.6) is 0 Å². The van der Waals surface area contributed by atoms with Crippen molar-refractivity contribution < 1.29 is 9.53 Å². The first kappa shape index (κ1) is 12.9. The molecule has 0 fully saturated rings. The lowest BCUT2D eigenvalue weighted by molar-refractivity contribution is -0.133. The molecule has 1 atom stereocenters. The van der Waals surface area contributed by atoms with Gasteiger partial charge < -0.3 is 4.74 Å². The second kappa shape index (κ2) is 6.44. The molecule has 0 heterocycles. The van der Waals surface area contributed by atoms with Gasteiger partial charge in [-0.05, 0) is 18.4 Å². The van der Waals surface area contributed by atoms with Gasteiger partial charge in [0.25, 0.3) is 0 Å². The molecular weight excluding hydrogens is 200 g/mol. The Morgan fingerprint density at radius 3 is 2.19 bits per heavy atom. The minimum Gasteiger partial charge on any atom is -0.369 e. The van der Waals surface area contributed by atoms with Crippen LogP contribution in [-0.2, 0) is 9.53 Å². The van der Waals surface area contributed by atoms with E-state index in [0.29, 0.717) is 0 Å². The maximum atomic E-state index is 12.2. The Balaban J connectivity index is 2.86. The van der Waals surface area contributed by atoms with Crippen molar-refractivity contribution in [3.05, 3.63) is 35.9 Å². The average molecular weight is 220 g/mol. The fourth-order valence-electron chi connectivity index (χ4n) is 1.95. The van der Waals surface area contributed by atoms with Crippen LogP contribution in [0, 0.1) is 5.92 Å². The lowest BCUT2D eigenvalue weighted by Gasteiger charge is -2.19. The van der Waals surface area contributed by atoms with Crippen molar-refractivity contribution in [2.75, 3.05) is 7.11 Å². The van der Waals surface area contributed by atoms with Crippen LogP contribution >= 0.6 is 0 Å².